The standard InChI is InChI=1S/C37H42ClN5O3/c1-41(2)23-26-18-28-20-30(38)12-13-34(28)43(24-26)37(46)33(21-29-22-39-32-11-7-6-10-31(29)32)40-35(44)19-25-14-16-42(17-15-25)36(45)27-8-4-3-5-9-27/h3-13,20,22,25-26,33,39H,14-19,21,23-24H2,1-2H3,(H,40,44)/t26-,33-/m1/s1. The number of likely N-dealkylation sites (tertiary alicyclic amines) is 1. The van der Waals surface area contributed by atoms with E-state index in [1.165, 1.54) is 0 Å². The molecule has 0 unspecified atom stereocenters. The first kappa shape index (κ1) is 31.8. The SMILES string of the molecule is CN(C)C[C@H]1Cc2cc(Cl)ccc2N(C(=O)[C@@H](Cc2c[nH]c3ccccc23)NC(=O)CC2CCN(C(=O)c3ccccc3)CC2)C1. The molecule has 0 radical (unpaired) electrons. The molecule has 0 aliphatic carbocycles. The van der Waals surface area contributed by atoms with Crippen molar-refractivity contribution in [2.45, 2.75) is 38.1 Å². The van der Waals surface area contributed by atoms with E-state index in [0.717, 1.165) is 53.5 Å². The van der Waals surface area contributed by atoms with E-state index in [1.54, 1.807) is 0 Å². The van der Waals surface area contributed by atoms with Gasteiger partial charge in [0.1, 0.15) is 6.04 Å². The van der Waals surface area contributed by atoms with Crippen LogP contribution in [0.1, 0.15) is 40.7 Å². The number of piperidine rings is 1. The number of H-pyrrole nitrogens is 1. The smallest absolute Gasteiger partial charge is 0.253 e. The summed E-state index contributed by atoms with van der Waals surface area (Å²) in [5, 5.41) is 4.85. The highest BCUT2D eigenvalue weighted by Gasteiger charge is 2.35. The van der Waals surface area contributed by atoms with Crippen LogP contribution < -0.4 is 10.2 Å². The number of aromatic nitrogens is 1. The zero-order chi connectivity index (χ0) is 32.2. The van der Waals surface area contributed by atoms with Crippen molar-refractivity contribution in [1.82, 2.24) is 20.1 Å². The van der Waals surface area contributed by atoms with Crippen LogP contribution in [0.3, 0.4) is 0 Å². The molecule has 46 heavy (non-hydrogen) atoms. The molecule has 2 aliphatic rings. The Morgan fingerprint density at radius 1 is 0.978 bits per heavy atom. The maximum atomic E-state index is 14.5. The van der Waals surface area contributed by atoms with Crippen molar-refractivity contribution >= 4 is 45.9 Å². The second kappa shape index (κ2) is 14.1. The Morgan fingerprint density at radius 2 is 1.72 bits per heavy atom. The average molecular weight is 640 g/mol. The van der Waals surface area contributed by atoms with E-state index >= 15 is 0 Å². The lowest BCUT2D eigenvalue weighted by Crippen LogP contribution is -2.53. The Morgan fingerprint density at radius 3 is 2.48 bits per heavy atom. The molecule has 2 aliphatic heterocycles. The fraction of sp³-hybridized carbons (Fsp3) is 0.378. The molecular weight excluding hydrogens is 598 g/mol. The minimum atomic E-state index is -0.743. The molecular formula is C37H42ClN5O3. The van der Waals surface area contributed by atoms with Gasteiger partial charge in [-0.1, -0.05) is 48.0 Å². The van der Waals surface area contributed by atoms with Gasteiger partial charge in [-0.05, 0) is 92.7 Å². The quantitative estimate of drug-likeness (QED) is 0.251. The second-order valence-corrected chi connectivity index (χ2v) is 13.5. The van der Waals surface area contributed by atoms with E-state index in [-0.39, 0.29) is 29.6 Å². The fourth-order valence-electron chi connectivity index (χ4n) is 7.09. The third-order valence-electron chi connectivity index (χ3n) is 9.30. The molecule has 1 fully saturated rings. The first-order valence-electron chi connectivity index (χ1n) is 16.2. The van der Waals surface area contributed by atoms with Crippen molar-refractivity contribution in [3.63, 3.8) is 0 Å². The minimum Gasteiger partial charge on any atom is -0.361 e. The molecule has 0 spiro atoms. The molecule has 3 aromatic carbocycles. The molecule has 4 aromatic rings. The molecule has 3 amide bonds. The van der Waals surface area contributed by atoms with Gasteiger partial charge in [-0.3, -0.25) is 14.4 Å². The van der Waals surface area contributed by atoms with Crippen molar-refractivity contribution in [1.29, 1.82) is 0 Å². The monoisotopic (exact) mass is 639 g/mol. The number of anilines is 1. The predicted octanol–water partition coefficient (Wildman–Crippen LogP) is 5.56. The number of para-hydroxylation sites is 1. The summed E-state index contributed by atoms with van der Waals surface area (Å²) in [6.07, 6.45) is 4.97. The number of halogens is 1. The molecule has 0 bridgehead atoms. The van der Waals surface area contributed by atoms with Crippen LogP contribution in [0, 0.1) is 11.8 Å². The van der Waals surface area contributed by atoms with Gasteiger partial charge < -0.3 is 25.0 Å². The normalized spacial score (nSPS) is 17.6. The molecule has 3 heterocycles. The number of fused-ring (bicyclic) bond motifs is 2. The first-order valence-corrected chi connectivity index (χ1v) is 16.6. The van der Waals surface area contributed by atoms with Crippen molar-refractivity contribution in [2.24, 2.45) is 11.8 Å². The molecule has 1 aromatic heterocycles. The Bertz CT molecular complexity index is 1700. The number of hydrogen-bond donors (Lipinski definition) is 2. The lowest BCUT2D eigenvalue weighted by molar-refractivity contribution is -0.128. The number of nitrogens with one attached hydrogen (secondary N) is 2. The van der Waals surface area contributed by atoms with Crippen LogP contribution in [0.15, 0.2) is 79.0 Å². The lowest BCUT2D eigenvalue weighted by Gasteiger charge is -2.38. The number of nitrogens with zero attached hydrogens (tertiary/aromatic N) is 3. The summed E-state index contributed by atoms with van der Waals surface area (Å²) in [5.41, 5.74) is 4.58. The lowest BCUT2D eigenvalue weighted by atomic mass is 9.90. The number of rotatable bonds is 9. The molecule has 8 nitrogen and oxygen atoms in total. The Hall–Kier alpha value is -4.14. The number of hydrogen-bond acceptors (Lipinski definition) is 4. The van der Waals surface area contributed by atoms with Crippen LogP contribution in [0.25, 0.3) is 10.9 Å². The zero-order valence-corrected chi connectivity index (χ0v) is 27.3. The number of benzene rings is 3. The number of aromatic amines is 1. The van der Waals surface area contributed by atoms with Gasteiger partial charge in [0.2, 0.25) is 11.8 Å². The van der Waals surface area contributed by atoms with Gasteiger partial charge in [0, 0.05) is 72.4 Å². The zero-order valence-electron chi connectivity index (χ0n) is 26.5. The van der Waals surface area contributed by atoms with Crippen LogP contribution >= 0.6 is 11.6 Å². The highest BCUT2D eigenvalue weighted by molar-refractivity contribution is 6.30. The maximum Gasteiger partial charge on any atom is 0.253 e. The first-order chi connectivity index (χ1) is 22.2. The van der Waals surface area contributed by atoms with Crippen molar-refractivity contribution in [3.8, 4) is 0 Å². The second-order valence-electron chi connectivity index (χ2n) is 13.0. The summed E-state index contributed by atoms with van der Waals surface area (Å²) in [5.74, 6) is 0.158. The van der Waals surface area contributed by atoms with Crippen LogP contribution in [0.2, 0.25) is 5.02 Å². The van der Waals surface area contributed by atoms with Crippen LogP contribution in [-0.2, 0) is 22.4 Å². The molecule has 9 heteroatoms. The summed E-state index contributed by atoms with van der Waals surface area (Å²) in [6, 6.07) is 22.3. The molecule has 240 valence electrons. The fourth-order valence-corrected chi connectivity index (χ4v) is 7.28. The Balaban J connectivity index is 1.19. The summed E-state index contributed by atoms with van der Waals surface area (Å²) >= 11 is 6.39. The average Bonchev–Trinajstić information content (AvgIpc) is 3.46. The van der Waals surface area contributed by atoms with E-state index in [9.17, 15) is 14.4 Å². The van der Waals surface area contributed by atoms with Gasteiger partial charge in [0.05, 0.1) is 0 Å². The highest BCUT2D eigenvalue weighted by atomic mass is 35.5. The van der Waals surface area contributed by atoms with Crippen molar-refractivity contribution in [2.75, 3.05) is 45.2 Å². The predicted molar refractivity (Wildman–Crippen MR) is 183 cm³/mol. The van der Waals surface area contributed by atoms with Gasteiger partial charge in [-0.15, -0.1) is 0 Å². The molecule has 1 saturated heterocycles. The van der Waals surface area contributed by atoms with E-state index in [4.69, 9.17) is 11.6 Å². The van der Waals surface area contributed by atoms with Gasteiger partial charge in [0.25, 0.3) is 5.91 Å². The van der Waals surface area contributed by atoms with Crippen LogP contribution in [0.4, 0.5) is 5.69 Å². The maximum absolute atomic E-state index is 14.5. The third-order valence-corrected chi connectivity index (χ3v) is 9.53. The largest absolute Gasteiger partial charge is 0.361 e. The third kappa shape index (κ3) is 7.29. The number of amides is 3. The molecule has 0 saturated carbocycles. The minimum absolute atomic E-state index is 0.0311. The van der Waals surface area contributed by atoms with Gasteiger partial charge in [-0.25, -0.2) is 0 Å². The highest BCUT2D eigenvalue weighted by Crippen LogP contribution is 2.33. The molecule has 6 rings (SSSR count). The topological polar surface area (TPSA) is 88.8 Å². The van der Waals surface area contributed by atoms with Crippen molar-refractivity contribution < 1.29 is 14.4 Å². The number of carbonyl (C=O) groups excluding carboxylic acids is 3. The van der Waals surface area contributed by atoms with Gasteiger partial charge in [-0.2, -0.15) is 0 Å². The van der Waals surface area contributed by atoms with E-state index in [2.05, 4.69) is 15.2 Å². The van der Waals surface area contributed by atoms with Crippen molar-refractivity contribution in [3.05, 3.63) is 101 Å². The summed E-state index contributed by atoms with van der Waals surface area (Å²) < 4.78 is 0. The van der Waals surface area contributed by atoms with Crippen LogP contribution in [-0.4, -0.2) is 78.8 Å². The van der Waals surface area contributed by atoms with E-state index < -0.39 is 6.04 Å². The Labute approximate surface area is 275 Å². The van der Waals surface area contributed by atoms with E-state index in [1.807, 2.05) is 103 Å². The van der Waals surface area contributed by atoms with Gasteiger partial charge in [0.15, 0.2) is 0 Å². The summed E-state index contributed by atoms with van der Waals surface area (Å²) in [6.45, 7) is 2.63. The Kier molecular flexibility index (Phi) is 9.75. The summed E-state index contributed by atoms with van der Waals surface area (Å²) in [7, 11) is 4.09. The van der Waals surface area contributed by atoms with Crippen LogP contribution in [0.5, 0.6) is 0 Å². The van der Waals surface area contributed by atoms with E-state index in [0.29, 0.717) is 43.1 Å². The van der Waals surface area contributed by atoms with Gasteiger partial charge >= 0.3 is 0 Å². The number of carbonyl (C=O) groups is 3. The molecule has 2 N–H and O–H groups in total. The summed E-state index contributed by atoms with van der Waals surface area (Å²) in [4.78, 5) is 50.3. The molecule has 2 atom stereocenters.